The molecule has 19 heavy (non-hydrogen) atoms. The Morgan fingerprint density at radius 3 is 3.21 bits per heavy atom. The van der Waals surface area contributed by atoms with Gasteiger partial charge >= 0.3 is 0 Å². The van der Waals surface area contributed by atoms with E-state index in [0.717, 1.165) is 19.4 Å². The summed E-state index contributed by atoms with van der Waals surface area (Å²) in [6.07, 6.45) is 2.01. The summed E-state index contributed by atoms with van der Waals surface area (Å²) in [7, 11) is 0. The lowest BCUT2D eigenvalue weighted by atomic mass is 10.2. The standard InChI is InChI=1S/C11H18N4O4/c16-5-7-18-6-4-13-10(17)9-14-11(19-15-9)8-2-1-3-12-8/h8,12,16H,1-7H2,(H,13,17). The summed E-state index contributed by atoms with van der Waals surface area (Å²) in [4.78, 5) is 15.8. The van der Waals surface area contributed by atoms with Crippen LogP contribution in [-0.2, 0) is 4.74 Å². The first-order chi connectivity index (χ1) is 9.31. The van der Waals surface area contributed by atoms with Crippen molar-refractivity contribution in [2.45, 2.75) is 18.9 Å². The monoisotopic (exact) mass is 270 g/mol. The molecule has 1 unspecified atom stereocenters. The number of rotatable bonds is 7. The van der Waals surface area contributed by atoms with Gasteiger partial charge in [0.2, 0.25) is 5.89 Å². The Hall–Kier alpha value is -1.51. The molecule has 1 aliphatic rings. The van der Waals surface area contributed by atoms with Crippen LogP contribution in [0.3, 0.4) is 0 Å². The molecule has 0 bridgehead atoms. The first-order valence-corrected chi connectivity index (χ1v) is 6.35. The fourth-order valence-corrected chi connectivity index (χ4v) is 1.85. The van der Waals surface area contributed by atoms with E-state index in [-0.39, 0.29) is 31.0 Å². The molecule has 8 heteroatoms. The minimum absolute atomic E-state index is 0.0312. The van der Waals surface area contributed by atoms with Crippen molar-refractivity contribution in [3.8, 4) is 0 Å². The van der Waals surface area contributed by atoms with Gasteiger partial charge in [-0.05, 0) is 19.4 Å². The second-order valence-electron chi connectivity index (χ2n) is 4.20. The number of aliphatic hydroxyl groups is 1. The molecule has 1 aromatic heterocycles. The van der Waals surface area contributed by atoms with E-state index in [1.165, 1.54) is 0 Å². The Labute approximate surface area is 110 Å². The zero-order valence-electron chi connectivity index (χ0n) is 10.6. The summed E-state index contributed by atoms with van der Waals surface area (Å²) in [5.74, 6) is 0.102. The van der Waals surface area contributed by atoms with Crippen LogP contribution < -0.4 is 10.6 Å². The van der Waals surface area contributed by atoms with E-state index in [1.807, 2.05) is 0 Å². The third-order valence-corrected chi connectivity index (χ3v) is 2.77. The number of aromatic nitrogens is 2. The zero-order chi connectivity index (χ0) is 13.5. The first-order valence-electron chi connectivity index (χ1n) is 6.35. The van der Waals surface area contributed by atoms with Crippen molar-refractivity contribution >= 4 is 5.91 Å². The predicted molar refractivity (Wildman–Crippen MR) is 64.5 cm³/mol. The van der Waals surface area contributed by atoms with Gasteiger partial charge in [0.15, 0.2) is 0 Å². The molecular weight excluding hydrogens is 252 g/mol. The number of amides is 1. The van der Waals surface area contributed by atoms with Gasteiger partial charge in [-0.3, -0.25) is 4.79 Å². The molecular formula is C11H18N4O4. The fraction of sp³-hybridized carbons (Fsp3) is 0.727. The van der Waals surface area contributed by atoms with Crippen LogP contribution in [0, 0.1) is 0 Å². The molecule has 1 atom stereocenters. The Bertz CT molecular complexity index is 403. The molecule has 0 spiro atoms. The maximum atomic E-state index is 11.7. The third-order valence-electron chi connectivity index (χ3n) is 2.77. The summed E-state index contributed by atoms with van der Waals surface area (Å²) < 4.78 is 10.1. The van der Waals surface area contributed by atoms with Gasteiger partial charge in [0.25, 0.3) is 11.7 Å². The number of carbonyl (C=O) groups is 1. The molecule has 106 valence electrons. The number of hydrogen-bond donors (Lipinski definition) is 3. The Morgan fingerprint density at radius 2 is 2.47 bits per heavy atom. The van der Waals surface area contributed by atoms with E-state index in [9.17, 15) is 4.79 Å². The number of hydrogen-bond acceptors (Lipinski definition) is 7. The largest absolute Gasteiger partial charge is 0.394 e. The van der Waals surface area contributed by atoms with Gasteiger partial charge in [-0.2, -0.15) is 4.98 Å². The molecule has 1 aromatic rings. The van der Waals surface area contributed by atoms with Crippen molar-refractivity contribution < 1.29 is 19.2 Å². The number of nitrogens with zero attached hydrogens (tertiary/aromatic N) is 2. The van der Waals surface area contributed by atoms with Crippen molar-refractivity contribution in [1.29, 1.82) is 0 Å². The van der Waals surface area contributed by atoms with Crippen molar-refractivity contribution in [2.75, 3.05) is 32.9 Å². The SMILES string of the molecule is O=C(NCCOCCO)c1noc(C2CCCN2)n1. The average molecular weight is 270 g/mol. The van der Waals surface area contributed by atoms with Gasteiger partial charge in [-0.1, -0.05) is 5.16 Å². The van der Waals surface area contributed by atoms with Crippen LogP contribution >= 0.6 is 0 Å². The lowest BCUT2D eigenvalue weighted by Gasteiger charge is -2.03. The number of nitrogens with one attached hydrogen (secondary N) is 2. The topological polar surface area (TPSA) is 110 Å². The second-order valence-corrected chi connectivity index (χ2v) is 4.20. The minimum Gasteiger partial charge on any atom is -0.394 e. The van der Waals surface area contributed by atoms with Crippen LogP contribution in [0.5, 0.6) is 0 Å². The normalized spacial score (nSPS) is 18.7. The molecule has 8 nitrogen and oxygen atoms in total. The predicted octanol–water partition coefficient (Wildman–Crippen LogP) is -0.767. The Balaban J connectivity index is 1.76. The van der Waals surface area contributed by atoms with E-state index in [2.05, 4.69) is 20.8 Å². The fourth-order valence-electron chi connectivity index (χ4n) is 1.85. The maximum absolute atomic E-state index is 11.7. The smallest absolute Gasteiger partial charge is 0.292 e. The van der Waals surface area contributed by atoms with Gasteiger partial charge in [0.05, 0.1) is 25.9 Å². The lowest BCUT2D eigenvalue weighted by Crippen LogP contribution is -2.28. The molecule has 0 aromatic carbocycles. The molecule has 3 N–H and O–H groups in total. The van der Waals surface area contributed by atoms with Crippen LogP contribution in [-0.4, -0.2) is 54.1 Å². The molecule has 1 fully saturated rings. The van der Waals surface area contributed by atoms with Crippen LogP contribution in [0.25, 0.3) is 0 Å². The van der Waals surface area contributed by atoms with Crippen LogP contribution in [0.15, 0.2) is 4.52 Å². The summed E-state index contributed by atoms with van der Waals surface area (Å²) in [6.45, 7) is 1.83. The van der Waals surface area contributed by atoms with Crippen LogP contribution in [0.1, 0.15) is 35.4 Å². The maximum Gasteiger partial charge on any atom is 0.292 e. The van der Waals surface area contributed by atoms with Gasteiger partial charge in [-0.15, -0.1) is 0 Å². The lowest BCUT2D eigenvalue weighted by molar-refractivity contribution is 0.0830. The van der Waals surface area contributed by atoms with Gasteiger partial charge in [0.1, 0.15) is 0 Å². The molecule has 0 radical (unpaired) electrons. The zero-order valence-corrected chi connectivity index (χ0v) is 10.6. The van der Waals surface area contributed by atoms with Crippen molar-refractivity contribution in [1.82, 2.24) is 20.8 Å². The molecule has 2 rings (SSSR count). The van der Waals surface area contributed by atoms with E-state index in [0.29, 0.717) is 19.0 Å². The highest BCUT2D eigenvalue weighted by atomic mass is 16.5. The highest BCUT2D eigenvalue weighted by Crippen LogP contribution is 2.20. The number of carbonyl (C=O) groups excluding carboxylic acids is 1. The number of ether oxygens (including phenoxy) is 1. The van der Waals surface area contributed by atoms with Crippen LogP contribution in [0.4, 0.5) is 0 Å². The van der Waals surface area contributed by atoms with Crippen LogP contribution in [0.2, 0.25) is 0 Å². The summed E-state index contributed by atoms with van der Waals surface area (Å²) in [5, 5.41) is 18.0. The molecule has 1 amide bonds. The molecule has 1 aliphatic heterocycles. The highest BCUT2D eigenvalue weighted by molar-refractivity contribution is 5.90. The van der Waals surface area contributed by atoms with Crippen molar-refractivity contribution in [3.05, 3.63) is 11.7 Å². The van der Waals surface area contributed by atoms with Gasteiger partial charge in [-0.25, -0.2) is 0 Å². The van der Waals surface area contributed by atoms with E-state index in [1.54, 1.807) is 0 Å². The molecule has 0 aliphatic carbocycles. The van der Waals surface area contributed by atoms with E-state index < -0.39 is 0 Å². The number of aliphatic hydroxyl groups excluding tert-OH is 1. The van der Waals surface area contributed by atoms with Crippen molar-refractivity contribution in [2.24, 2.45) is 0 Å². The minimum atomic E-state index is -0.388. The Kier molecular flexibility index (Phi) is 5.25. The van der Waals surface area contributed by atoms with Gasteiger partial charge in [0, 0.05) is 6.54 Å². The third kappa shape index (κ3) is 3.98. The van der Waals surface area contributed by atoms with E-state index in [4.69, 9.17) is 14.4 Å². The second kappa shape index (κ2) is 7.17. The summed E-state index contributed by atoms with van der Waals surface area (Å²) >= 11 is 0. The van der Waals surface area contributed by atoms with E-state index >= 15 is 0 Å². The first kappa shape index (κ1) is 13.9. The highest BCUT2D eigenvalue weighted by Gasteiger charge is 2.24. The molecule has 0 saturated carbocycles. The quantitative estimate of drug-likeness (QED) is 0.558. The average Bonchev–Trinajstić information content (AvgIpc) is 3.08. The molecule has 2 heterocycles. The Morgan fingerprint density at radius 1 is 1.58 bits per heavy atom. The summed E-state index contributed by atoms with van der Waals surface area (Å²) in [5.41, 5.74) is 0. The molecule has 1 saturated heterocycles. The van der Waals surface area contributed by atoms with Gasteiger partial charge < -0.3 is 25.0 Å². The van der Waals surface area contributed by atoms with Crippen molar-refractivity contribution in [3.63, 3.8) is 0 Å². The summed E-state index contributed by atoms with van der Waals surface area (Å²) in [6, 6.07) is 0.0573.